The minimum Gasteiger partial charge on any atom is -0.497 e. The summed E-state index contributed by atoms with van der Waals surface area (Å²) < 4.78 is 12.3. The number of nitrogens with zero attached hydrogens (tertiary/aromatic N) is 2. The molecule has 1 aliphatic carbocycles. The Kier molecular flexibility index (Phi) is 12.2. The Labute approximate surface area is 400 Å². The number of benzene rings is 9. The third kappa shape index (κ3) is 7.97. The van der Waals surface area contributed by atoms with Gasteiger partial charge in [0.25, 0.3) is 0 Å². The van der Waals surface area contributed by atoms with E-state index in [2.05, 4.69) is 266 Å². The van der Waals surface area contributed by atoms with Gasteiger partial charge < -0.3 is 19.3 Å². The van der Waals surface area contributed by atoms with Crippen LogP contribution in [0, 0.1) is 0 Å². The summed E-state index contributed by atoms with van der Waals surface area (Å²) >= 11 is 0. The Morgan fingerprint density at radius 1 is 0.441 bits per heavy atom. The van der Waals surface area contributed by atoms with E-state index in [1.165, 1.54) is 0 Å². The number of rotatable bonds is 14. The van der Waals surface area contributed by atoms with Crippen molar-refractivity contribution < 1.29 is 9.47 Å². The second kappa shape index (κ2) is 19.1. The molecule has 330 valence electrons. The smallest absolute Gasteiger partial charge is 0.119 e. The summed E-state index contributed by atoms with van der Waals surface area (Å²) in [6.45, 7) is 6.25. The lowest BCUT2D eigenvalue weighted by Crippen LogP contribution is -2.30. The molecule has 0 aromatic heterocycles. The van der Waals surface area contributed by atoms with E-state index in [1.54, 1.807) is 14.2 Å². The van der Waals surface area contributed by atoms with Crippen LogP contribution in [0.3, 0.4) is 0 Å². The van der Waals surface area contributed by atoms with Crippen LogP contribution < -0.4 is 19.3 Å². The maximum absolute atomic E-state index is 6.15. The molecule has 0 aliphatic heterocycles. The molecule has 0 saturated carbocycles. The average Bonchev–Trinajstić information content (AvgIpc) is 3.69. The number of fused-ring (bicyclic) bond motifs is 3. The van der Waals surface area contributed by atoms with E-state index in [1.807, 2.05) is 6.08 Å². The molecule has 4 heteroatoms. The van der Waals surface area contributed by atoms with E-state index in [0.717, 1.165) is 101 Å². The summed E-state index contributed by atoms with van der Waals surface area (Å²) in [4.78, 5) is 4.69. The van der Waals surface area contributed by atoms with Crippen LogP contribution in [-0.4, -0.2) is 14.2 Å². The first-order chi connectivity index (χ1) is 33.5. The molecule has 10 rings (SSSR count). The monoisotopic (exact) mass is 880 g/mol. The fourth-order valence-electron chi connectivity index (χ4n) is 9.95. The van der Waals surface area contributed by atoms with Crippen molar-refractivity contribution in [3.63, 3.8) is 0 Å². The first-order valence-corrected chi connectivity index (χ1v) is 23.0. The van der Waals surface area contributed by atoms with Crippen molar-refractivity contribution in [2.75, 3.05) is 24.0 Å². The lowest BCUT2D eigenvalue weighted by atomic mass is 9.66. The van der Waals surface area contributed by atoms with Crippen molar-refractivity contribution in [3.8, 4) is 44.9 Å². The summed E-state index contributed by atoms with van der Waals surface area (Å²) in [6.07, 6.45) is 8.17. The van der Waals surface area contributed by atoms with Gasteiger partial charge in [0.15, 0.2) is 0 Å². The molecule has 0 heterocycles. The molecule has 0 atom stereocenters. The highest BCUT2D eigenvalue weighted by atomic mass is 16.5. The highest BCUT2D eigenvalue weighted by Crippen LogP contribution is 2.59. The Bertz CT molecular complexity index is 3120. The number of ether oxygens (including phenoxy) is 2. The van der Waals surface area contributed by atoms with Crippen molar-refractivity contribution in [3.05, 3.63) is 283 Å². The largest absolute Gasteiger partial charge is 0.497 e. The van der Waals surface area contributed by atoms with Gasteiger partial charge in [-0.15, -0.1) is 0 Å². The molecule has 0 bridgehead atoms. The molecule has 0 fully saturated rings. The third-order valence-corrected chi connectivity index (χ3v) is 12.9. The van der Waals surface area contributed by atoms with Gasteiger partial charge in [-0.3, -0.25) is 0 Å². The summed E-state index contributed by atoms with van der Waals surface area (Å²) in [7, 11) is 3.50. The maximum atomic E-state index is 6.15. The van der Waals surface area contributed by atoms with Crippen molar-refractivity contribution >= 4 is 28.4 Å². The number of hydrogen-bond donors (Lipinski definition) is 0. The van der Waals surface area contributed by atoms with Crippen LogP contribution >= 0.6 is 0 Å². The predicted octanol–water partition coefficient (Wildman–Crippen LogP) is 16.7. The van der Waals surface area contributed by atoms with Crippen LogP contribution in [-0.2, 0) is 5.41 Å². The van der Waals surface area contributed by atoms with Gasteiger partial charge >= 0.3 is 0 Å². The van der Waals surface area contributed by atoms with Gasteiger partial charge in [0.2, 0.25) is 0 Å². The fraction of sp³-hybridized carbons (Fsp3) is 0.0625. The Morgan fingerprint density at radius 2 is 0.882 bits per heavy atom. The van der Waals surface area contributed by atoms with E-state index in [4.69, 9.17) is 9.47 Å². The zero-order valence-corrected chi connectivity index (χ0v) is 38.6. The van der Waals surface area contributed by atoms with Crippen LogP contribution in [0.25, 0.3) is 33.4 Å². The molecule has 1 aliphatic rings. The Morgan fingerprint density at radius 3 is 1.34 bits per heavy atom. The van der Waals surface area contributed by atoms with E-state index < -0.39 is 5.41 Å². The van der Waals surface area contributed by atoms with Crippen molar-refractivity contribution in [1.82, 2.24) is 0 Å². The first-order valence-electron chi connectivity index (χ1n) is 23.0. The van der Waals surface area contributed by atoms with Crippen molar-refractivity contribution in [1.29, 1.82) is 0 Å². The number of para-hydroxylation sites is 3. The topological polar surface area (TPSA) is 24.9 Å². The minimum absolute atomic E-state index is 0.775. The molecule has 9 aromatic carbocycles. The number of anilines is 5. The maximum Gasteiger partial charge on any atom is 0.119 e. The zero-order chi connectivity index (χ0) is 46.5. The molecule has 68 heavy (non-hydrogen) atoms. The van der Waals surface area contributed by atoms with Crippen LogP contribution in [0.1, 0.15) is 29.2 Å². The molecule has 4 nitrogen and oxygen atoms in total. The van der Waals surface area contributed by atoms with E-state index in [9.17, 15) is 0 Å². The average molecular weight is 881 g/mol. The third-order valence-electron chi connectivity index (χ3n) is 12.9. The lowest BCUT2D eigenvalue weighted by Gasteiger charge is -2.37. The second-order valence-electron chi connectivity index (χ2n) is 16.8. The highest BCUT2D eigenvalue weighted by molar-refractivity contribution is 5.91. The standard InChI is InChI=1S/C64H52N2O2/c1-5-22-52(23-6-2)65(53-28-16-9-17-29-53)56-41-51(42-57(43-56)66(54-30-18-10-19-31-54)55-32-20-11-21-33-55)64(62-44-58(67-3)34-36-60(62)61-37-35-59(68-4)45-63(61)64)50-39-48(46-24-12-7-13-25-46)38-49(40-50)47-26-14-8-15-27-47/h5-45H,1H2,2-4H3/b23-6-,52-22+. The molecular formula is C64H52N2O2. The van der Waals surface area contributed by atoms with Gasteiger partial charge in [0.1, 0.15) is 11.5 Å². The quantitative estimate of drug-likeness (QED) is 0.102. The van der Waals surface area contributed by atoms with Gasteiger partial charge in [0, 0.05) is 34.1 Å². The predicted molar refractivity (Wildman–Crippen MR) is 284 cm³/mol. The summed E-state index contributed by atoms with van der Waals surface area (Å²) in [6, 6.07) is 80.6. The minimum atomic E-state index is -0.933. The van der Waals surface area contributed by atoms with Gasteiger partial charge in [0.05, 0.1) is 19.6 Å². The van der Waals surface area contributed by atoms with Gasteiger partial charge in [-0.2, -0.15) is 0 Å². The Hall–Kier alpha value is -8.60. The number of allylic oxidation sites excluding steroid dienone is 4. The summed E-state index contributed by atoms with van der Waals surface area (Å²) in [5.41, 5.74) is 16.2. The molecule has 0 unspecified atom stereocenters. The van der Waals surface area contributed by atoms with E-state index in [0.29, 0.717) is 0 Å². The van der Waals surface area contributed by atoms with Crippen LogP contribution in [0.5, 0.6) is 11.5 Å². The summed E-state index contributed by atoms with van der Waals surface area (Å²) in [5.74, 6) is 1.55. The van der Waals surface area contributed by atoms with Gasteiger partial charge in [-0.1, -0.05) is 146 Å². The van der Waals surface area contributed by atoms with Gasteiger partial charge in [-0.25, -0.2) is 0 Å². The van der Waals surface area contributed by atoms with Crippen LogP contribution in [0.15, 0.2) is 261 Å². The molecule has 0 spiro atoms. The van der Waals surface area contributed by atoms with Crippen LogP contribution in [0.4, 0.5) is 28.4 Å². The Balaban J connectivity index is 1.41. The second-order valence-corrected chi connectivity index (χ2v) is 16.8. The number of methoxy groups -OCH3 is 2. The lowest BCUT2D eigenvalue weighted by molar-refractivity contribution is 0.413. The normalized spacial score (nSPS) is 12.5. The number of hydrogen-bond acceptors (Lipinski definition) is 4. The molecule has 0 saturated heterocycles. The zero-order valence-electron chi connectivity index (χ0n) is 38.6. The van der Waals surface area contributed by atoms with Crippen molar-refractivity contribution in [2.45, 2.75) is 12.3 Å². The SMILES string of the molecule is C=C/C=C(\C=C/C)N(c1ccccc1)c1cc(N(c2ccccc2)c2ccccc2)cc(C2(c3cc(-c4ccccc4)cc(-c4ccccc4)c3)c3cc(OC)ccc3-c3ccc(OC)cc32)c1. The highest BCUT2D eigenvalue weighted by Gasteiger charge is 2.48. The van der Waals surface area contributed by atoms with Crippen molar-refractivity contribution in [2.24, 2.45) is 0 Å². The van der Waals surface area contributed by atoms with Gasteiger partial charge in [-0.05, 0) is 172 Å². The molecule has 0 amide bonds. The molecule has 0 N–H and O–H groups in total. The first kappa shape index (κ1) is 43.3. The van der Waals surface area contributed by atoms with E-state index in [-0.39, 0.29) is 0 Å². The van der Waals surface area contributed by atoms with Crippen LogP contribution in [0.2, 0.25) is 0 Å². The van der Waals surface area contributed by atoms with E-state index >= 15 is 0 Å². The summed E-state index contributed by atoms with van der Waals surface area (Å²) in [5, 5.41) is 0. The molecule has 9 aromatic rings. The molecule has 0 radical (unpaired) electrons. The fourth-order valence-corrected chi connectivity index (χ4v) is 9.95. The molecular weight excluding hydrogens is 829 g/mol.